The van der Waals surface area contributed by atoms with E-state index in [-0.39, 0.29) is 17.7 Å². The number of aromatic nitrogens is 2. The molecule has 1 saturated heterocycles. The van der Waals surface area contributed by atoms with Crippen molar-refractivity contribution in [2.75, 3.05) is 0 Å². The average molecular weight is 949 g/mol. The number of rotatable bonds is 16. The first-order valence-electron chi connectivity index (χ1n) is 22.2. The van der Waals surface area contributed by atoms with E-state index >= 15 is 9.59 Å². The third-order valence-electron chi connectivity index (χ3n) is 12.1. The molecule has 3 unspecified atom stereocenters. The van der Waals surface area contributed by atoms with Crippen LogP contribution in [0.1, 0.15) is 41.0 Å². The van der Waals surface area contributed by atoms with E-state index in [0.717, 1.165) is 32.6 Å². The van der Waals surface area contributed by atoms with Gasteiger partial charge in [0.05, 0.1) is 15.4 Å². The number of likely N-dealkylation sites (tertiary alicyclic amines) is 1. The van der Waals surface area contributed by atoms with Crippen LogP contribution < -0.4 is 15.9 Å². The van der Waals surface area contributed by atoms with Crippen LogP contribution in [0.25, 0.3) is 0 Å². The number of carbonyl (C=O) groups is 3. The number of nitrogens with zero attached hydrogens (tertiary/aromatic N) is 4. The Morgan fingerprint density at radius 3 is 1.54 bits per heavy atom. The number of non-ortho nitro benzene ring substituents is 1. The van der Waals surface area contributed by atoms with Gasteiger partial charge in [0, 0.05) is 32.1 Å². The summed E-state index contributed by atoms with van der Waals surface area (Å²) >= 11 is 1.47. The lowest BCUT2D eigenvalue weighted by atomic mass is 9.84. The van der Waals surface area contributed by atoms with Crippen molar-refractivity contribution < 1.29 is 28.8 Å². The highest BCUT2D eigenvalue weighted by Gasteiger charge is 2.61. The fourth-order valence-corrected chi connectivity index (χ4v) is 15.4. The summed E-state index contributed by atoms with van der Waals surface area (Å²) in [6.45, 7) is -2.45. The highest BCUT2D eigenvalue weighted by molar-refractivity contribution is 8.01. The van der Waals surface area contributed by atoms with Gasteiger partial charge in [-0.05, 0) is 56.4 Å². The molecule has 8 aromatic rings. The number of thioether (sulfide) groups is 1. The highest BCUT2D eigenvalue weighted by Crippen LogP contribution is 2.59. The summed E-state index contributed by atoms with van der Waals surface area (Å²) in [7, 11) is 0. The van der Waals surface area contributed by atoms with Gasteiger partial charge in [-0.2, -0.15) is 0 Å². The van der Waals surface area contributed by atoms with Gasteiger partial charge in [0.2, 0.25) is 5.91 Å². The molecule has 13 heteroatoms. The zero-order valence-electron chi connectivity index (χ0n) is 37.3. The number of β-lactam (4-membered cyclic amide) rings is 1. The maximum atomic E-state index is 16.1. The topological polar surface area (TPSA) is 142 Å². The first-order chi connectivity index (χ1) is 33.7. The number of carbonyl (C=O) groups excluding carboxylic acids is 3. The second-order valence-corrected chi connectivity index (χ2v) is 20.8. The van der Waals surface area contributed by atoms with E-state index in [4.69, 9.17) is 9.47 Å². The van der Waals surface area contributed by atoms with Crippen LogP contribution in [0.2, 0.25) is 0 Å². The lowest BCUT2D eigenvalue weighted by molar-refractivity contribution is -0.384. The van der Waals surface area contributed by atoms with Crippen LogP contribution in [0.15, 0.2) is 225 Å². The molecule has 0 radical (unpaired) electrons. The Bertz CT molecular complexity index is 2920. The Hall–Kier alpha value is -7.92. The summed E-state index contributed by atoms with van der Waals surface area (Å²) in [5, 5.41) is 13.0. The number of nitro groups is 1. The van der Waals surface area contributed by atoms with Crippen LogP contribution in [0, 0.1) is 16.0 Å². The quantitative estimate of drug-likeness (QED) is 0.0230. The van der Waals surface area contributed by atoms with E-state index in [1.165, 1.54) is 43.3 Å². The van der Waals surface area contributed by atoms with E-state index in [2.05, 4.69) is 46.4 Å². The van der Waals surface area contributed by atoms with Gasteiger partial charge in [0.15, 0.2) is 6.10 Å². The van der Waals surface area contributed by atoms with E-state index in [9.17, 15) is 14.9 Å². The molecule has 1 aliphatic heterocycles. The van der Waals surface area contributed by atoms with Crippen molar-refractivity contribution in [3.63, 3.8) is 0 Å². The molecule has 342 valence electrons. The smallest absolute Gasteiger partial charge is 0.356 e. The monoisotopic (exact) mass is 948 g/mol. The Balaban J connectivity index is 1.38. The first-order valence-corrected chi connectivity index (χ1v) is 24.8. The standard InChI is InChI=1S/C56H45N4O7PS/c1-40(61)67-51(49-36-37-57-39-58-49)50-52(62)59(54(50)69-56(42-20-8-2-9-21-42,43-22-10-3-11-23-43)44-24-12-4-13-25-44)53(55(63)66-38-41-32-34-45(35-33-41)60(64)65)68(46-26-14-5-15-27-46,47-28-16-6-17-29-47)48-30-18-7-19-31-48/h2-37,39,50-51,54H,38H2,1H3. The molecule has 11 nitrogen and oxygen atoms in total. The minimum atomic E-state index is -3.48. The van der Waals surface area contributed by atoms with Crippen molar-refractivity contribution in [2.24, 2.45) is 5.92 Å². The van der Waals surface area contributed by atoms with Crippen LogP contribution in [0.3, 0.4) is 0 Å². The Kier molecular flexibility index (Phi) is 13.7. The summed E-state index contributed by atoms with van der Waals surface area (Å²) in [4.78, 5) is 66.8. The summed E-state index contributed by atoms with van der Waals surface area (Å²) in [5.74, 6) is -2.99. The molecule has 0 bridgehead atoms. The number of hydrogen-bond acceptors (Lipinski definition) is 10. The molecule has 0 spiro atoms. The molecule has 0 N–H and O–H groups in total. The van der Waals surface area contributed by atoms with Gasteiger partial charge in [0.1, 0.15) is 29.6 Å². The van der Waals surface area contributed by atoms with Gasteiger partial charge in [-0.25, -0.2) is 14.8 Å². The van der Waals surface area contributed by atoms with Crippen molar-refractivity contribution in [3.8, 4) is 0 Å². The molecule has 0 saturated carbocycles. The van der Waals surface area contributed by atoms with Gasteiger partial charge >= 0.3 is 11.9 Å². The van der Waals surface area contributed by atoms with Crippen LogP contribution in [0.5, 0.6) is 0 Å². The number of ether oxygens (including phenoxy) is 2. The number of benzene rings is 7. The maximum Gasteiger partial charge on any atom is 0.356 e. The van der Waals surface area contributed by atoms with Crippen molar-refractivity contribution in [1.82, 2.24) is 14.9 Å². The lowest BCUT2D eigenvalue weighted by Crippen LogP contribution is -2.67. The number of hydrogen-bond donors (Lipinski definition) is 0. The molecule has 0 aliphatic carbocycles. The normalized spacial score (nSPS) is 15.0. The van der Waals surface area contributed by atoms with E-state index in [0.29, 0.717) is 11.3 Å². The predicted molar refractivity (Wildman–Crippen MR) is 271 cm³/mol. The fourth-order valence-electron chi connectivity index (χ4n) is 9.08. The molecular formula is C56H45N4O7PS. The van der Waals surface area contributed by atoms with Crippen molar-refractivity contribution in [2.45, 2.75) is 29.8 Å². The van der Waals surface area contributed by atoms with Gasteiger partial charge in [-0.1, -0.05) is 182 Å². The number of esters is 2. The van der Waals surface area contributed by atoms with Crippen molar-refractivity contribution >= 4 is 63.5 Å². The second kappa shape index (κ2) is 20.5. The third kappa shape index (κ3) is 9.00. The molecule has 1 aromatic heterocycles. The largest absolute Gasteiger partial charge is 0.456 e. The SMILES string of the molecule is CC(=O)OC(c1ccncn1)C1C(=O)N(C(C(=O)OCc2ccc([N+](=O)[O-])cc2)=P(c2ccccc2)(c2ccccc2)c2ccccc2)C1SC(c1ccccc1)(c1ccccc1)c1ccccc1. The first kappa shape index (κ1) is 46.2. The van der Waals surface area contributed by atoms with E-state index in [1.54, 1.807) is 23.1 Å². The summed E-state index contributed by atoms with van der Waals surface area (Å²) in [6, 6.07) is 66.6. The summed E-state index contributed by atoms with van der Waals surface area (Å²) in [6.07, 6.45) is 1.68. The molecule has 3 atom stereocenters. The molecule has 9 rings (SSSR count). The lowest BCUT2D eigenvalue weighted by Gasteiger charge is -2.53. The highest BCUT2D eigenvalue weighted by atomic mass is 32.2. The molecule has 1 amide bonds. The van der Waals surface area contributed by atoms with Crippen molar-refractivity contribution in [1.29, 1.82) is 0 Å². The minimum absolute atomic E-state index is 0.0964. The van der Waals surface area contributed by atoms with E-state index in [1.807, 2.05) is 146 Å². The zero-order chi connectivity index (χ0) is 47.8. The van der Waals surface area contributed by atoms with Gasteiger partial charge in [-0.3, -0.25) is 24.6 Å². The summed E-state index contributed by atoms with van der Waals surface area (Å²) < 4.78 is 11.5. The Morgan fingerprint density at radius 1 is 0.681 bits per heavy atom. The van der Waals surface area contributed by atoms with Crippen LogP contribution in [-0.2, 0) is 35.2 Å². The van der Waals surface area contributed by atoms with Crippen LogP contribution >= 0.6 is 18.6 Å². The summed E-state index contributed by atoms with van der Waals surface area (Å²) in [5.41, 5.74) is 3.49. The second-order valence-electron chi connectivity index (χ2n) is 16.2. The number of nitro benzene ring substituents is 1. The molecule has 7 aromatic carbocycles. The maximum absolute atomic E-state index is 16.1. The molecular weight excluding hydrogens is 904 g/mol. The van der Waals surface area contributed by atoms with Crippen LogP contribution in [-0.4, -0.2) is 48.4 Å². The minimum Gasteiger partial charge on any atom is -0.456 e. The fraction of sp³-hybridized carbons (Fsp3) is 0.107. The molecule has 1 aliphatic rings. The molecule has 69 heavy (non-hydrogen) atoms. The van der Waals surface area contributed by atoms with Gasteiger partial charge in [-0.15, -0.1) is 11.8 Å². The molecule has 2 heterocycles. The van der Waals surface area contributed by atoms with Gasteiger partial charge in [0.25, 0.3) is 5.69 Å². The number of amides is 1. The predicted octanol–water partition coefficient (Wildman–Crippen LogP) is 9.37. The van der Waals surface area contributed by atoms with E-state index < -0.39 is 51.8 Å². The van der Waals surface area contributed by atoms with Gasteiger partial charge < -0.3 is 9.47 Å². The Labute approximate surface area is 404 Å². The van der Waals surface area contributed by atoms with Crippen LogP contribution in [0.4, 0.5) is 5.69 Å². The Morgan fingerprint density at radius 2 is 1.13 bits per heavy atom. The van der Waals surface area contributed by atoms with Crippen molar-refractivity contribution in [3.05, 3.63) is 263 Å². The average Bonchev–Trinajstić information content (AvgIpc) is 3.40. The molecule has 1 fully saturated rings. The third-order valence-corrected chi connectivity index (χ3v) is 18.2. The zero-order valence-corrected chi connectivity index (χ0v) is 39.0.